The zero-order valence-electron chi connectivity index (χ0n) is 39.6. The summed E-state index contributed by atoms with van der Waals surface area (Å²) in [6, 6.07) is 0. The third-order valence-corrected chi connectivity index (χ3v) is 23.3. The van der Waals surface area contributed by atoms with Crippen molar-refractivity contribution in [2.75, 3.05) is 0 Å². The molecule has 0 aliphatic heterocycles. The minimum absolute atomic E-state index is 0.450. The Balaban J connectivity index is 5.64. The molecule has 0 aliphatic rings. The second-order valence-corrected chi connectivity index (χ2v) is 27.8. The van der Waals surface area contributed by atoms with Crippen molar-refractivity contribution in [3.8, 4) is 0 Å². The maximum absolute atomic E-state index is 7.76. The van der Waals surface area contributed by atoms with Crippen LogP contribution in [0.3, 0.4) is 0 Å². The van der Waals surface area contributed by atoms with Gasteiger partial charge in [0.15, 0.2) is 0 Å². The van der Waals surface area contributed by atoms with Crippen molar-refractivity contribution in [2.24, 2.45) is 0 Å². The first-order valence-electron chi connectivity index (χ1n) is 26.5. The average molecular weight is 884 g/mol. The molecule has 0 aromatic carbocycles. The Morgan fingerprint density at radius 2 is 0.418 bits per heavy atom. The Bertz CT molecular complexity index is 639. The van der Waals surface area contributed by atoms with Crippen molar-refractivity contribution in [3.05, 3.63) is 0 Å². The molecule has 332 valence electrons. The van der Waals surface area contributed by atoms with Crippen LogP contribution in [0.2, 0.25) is 8.87 Å². The van der Waals surface area contributed by atoms with Crippen LogP contribution in [0.5, 0.6) is 0 Å². The summed E-state index contributed by atoms with van der Waals surface area (Å²) in [4.78, 5) is 0. The van der Waals surface area contributed by atoms with Gasteiger partial charge in [0.2, 0.25) is 0 Å². The fraction of sp³-hybridized carbons (Fsp3) is 1.00. The van der Waals surface area contributed by atoms with Crippen LogP contribution in [-0.2, 0) is 6.15 Å². The van der Waals surface area contributed by atoms with Crippen LogP contribution in [0.4, 0.5) is 0 Å². The van der Waals surface area contributed by atoms with Crippen LogP contribution in [-0.4, -0.2) is 31.4 Å². The molecule has 0 spiro atoms. The fourth-order valence-corrected chi connectivity index (χ4v) is 20.9. The zero-order valence-corrected chi connectivity index (χ0v) is 42.4. The van der Waals surface area contributed by atoms with E-state index in [9.17, 15) is 0 Å². The molecule has 0 heterocycles. The summed E-state index contributed by atoms with van der Waals surface area (Å²) in [5, 5.41) is 0. The Morgan fingerprint density at radius 1 is 0.236 bits per heavy atom. The third kappa shape index (κ3) is 38.7. The zero-order chi connectivity index (χ0) is 40.2. The second kappa shape index (κ2) is 45.8. The van der Waals surface area contributed by atoms with E-state index in [4.69, 9.17) is 6.15 Å². The van der Waals surface area contributed by atoms with E-state index in [-0.39, 0.29) is 0 Å². The van der Waals surface area contributed by atoms with Gasteiger partial charge in [-0.25, -0.2) is 0 Å². The second-order valence-electron chi connectivity index (χ2n) is 18.4. The minimum Gasteiger partial charge on any atom is -0.0654 e. The van der Waals surface area contributed by atoms with E-state index >= 15 is 0 Å². The van der Waals surface area contributed by atoms with E-state index < -0.39 is 19.2 Å². The molecular formula is C52H108O2Sn. The van der Waals surface area contributed by atoms with Gasteiger partial charge in [-0.1, -0.05) is 26.7 Å². The van der Waals surface area contributed by atoms with Crippen molar-refractivity contribution in [1.82, 2.24) is 0 Å². The van der Waals surface area contributed by atoms with Gasteiger partial charge in [0, 0.05) is 0 Å². The molecule has 3 heteroatoms. The number of hydrogen-bond acceptors (Lipinski definition) is 2. The van der Waals surface area contributed by atoms with E-state index in [1.165, 1.54) is 279 Å². The molecule has 0 aromatic heterocycles. The SMILES string of the molecule is CCCCCCCCCCCCC(CCCCCCCCC)[O][Sn]([CH2]CCC)([CH2]CCC)[O]C(CCCCCCCCC)CCCCCCCCCCCC. The van der Waals surface area contributed by atoms with E-state index in [2.05, 4.69) is 41.5 Å². The van der Waals surface area contributed by atoms with Crippen LogP contribution in [0.1, 0.15) is 311 Å². The first kappa shape index (κ1) is 55.7. The monoisotopic (exact) mass is 885 g/mol. The molecule has 0 N–H and O–H groups in total. The molecule has 55 heavy (non-hydrogen) atoms. The van der Waals surface area contributed by atoms with Crippen molar-refractivity contribution in [2.45, 2.75) is 332 Å². The van der Waals surface area contributed by atoms with Crippen molar-refractivity contribution < 1.29 is 6.15 Å². The smallest absolute Gasteiger partial charge is 0.0654 e. The Hall–Kier alpha value is 0.719. The molecule has 0 amide bonds. The summed E-state index contributed by atoms with van der Waals surface area (Å²) in [5.41, 5.74) is 0. The fourth-order valence-electron chi connectivity index (χ4n) is 8.79. The topological polar surface area (TPSA) is 18.5 Å². The molecule has 0 aliphatic carbocycles. The van der Waals surface area contributed by atoms with E-state index in [1.807, 2.05) is 0 Å². The quantitative estimate of drug-likeness (QED) is 0.0448. The van der Waals surface area contributed by atoms with Crippen molar-refractivity contribution in [1.29, 1.82) is 0 Å². The first-order valence-corrected chi connectivity index (χ1v) is 32.8. The number of rotatable bonds is 48. The number of unbranched alkanes of at least 4 members (excludes halogenated alkanes) is 32. The average Bonchev–Trinajstić information content (AvgIpc) is 3.19. The third-order valence-electron chi connectivity index (χ3n) is 12.6. The molecular weight excluding hydrogens is 775 g/mol. The Morgan fingerprint density at radius 3 is 0.618 bits per heavy atom. The van der Waals surface area contributed by atoms with Crippen LogP contribution in [0.15, 0.2) is 0 Å². The Labute approximate surface area is 355 Å². The van der Waals surface area contributed by atoms with Gasteiger partial charge in [-0.15, -0.1) is 0 Å². The van der Waals surface area contributed by atoms with Gasteiger partial charge in [0.25, 0.3) is 0 Å². The molecule has 0 saturated heterocycles. The molecule has 2 unspecified atom stereocenters. The summed E-state index contributed by atoms with van der Waals surface area (Å²) in [5.74, 6) is 0. The number of hydrogen-bond donors (Lipinski definition) is 0. The molecule has 0 saturated carbocycles. The molecule has 0 bridgehead atoms. The summed E-state index contributed by atoms with van der Waals surface area (Å²) >= 11 is -3.32. The summed E-state index contributed by atoms with van der Waals surface area (Å²) < 4.78 is 18.1. The standard InChI is InChI=1S/2C22H45O.2C4H9.Sn/c2*1-3-5-7-9-11-12-13-15-17-19-21-22(23)20-18-16-14-10-8-6-4-2;2*1-3-4-2;/h2*22H,3-21H2,1-2H3;2*1,3-4H2,2H3;/q2*-1;;;+2. The molecule has 0 fully saturated rings. The van der Waals surface area contributed by atoms with Gasteiger partial charge < -0.3 is 0 Å². The normalized spacial score (nSPS) is 13.2. The van der Waals surface area contributed by atoms with Crippen molar-refractivity contribution >= 4 is 19.2 Å². The van der Waals surface area contributed by atoms with E-state index in [0.29, 0.717) is 12.2 Å². The maximum atomic E-state index is 7.76. The van der Waals surface area contributed by atoms with Crippen LogP contribution in [0, 0.1) is 0 Å². The van der Waals surface area contributed by atoms with E-state index in [1.54, 1.807) is 0 Å². The van der Waals surface area contributed by atoms with Crippen LogP contribution < -0.4 is 0 Å². The summed E-state index contributed by atoms with van der Waals surface area (Å²) in [6.07, 6.45) is 59.2. The van der Waals surface area contributed by atoms with Gasteiger partial charge in [-0.05, 0) is 0 Å². The minimum atomic E-state index is -3.32. The van der Waals surface area contributed by atoms with Gasteiger partial charge in [-0.2, -0.15) is 0 Å². The first-order chi connectivity index (χ1) is 27.1. The molecule has 0 radical (unpaired) electrons. The molecule has 2 atom stereocenters. The predicted octanol–water partition coefficient (Wildman–Crippen LogP) is 19.7. The van der Waals surface area contributed by atoms with Gasteiger partial charge >= 0.3 is 331 Å². The predicted molar refractivity (Wildman–Crippen MR) is 253 cm³/mol. The van der Waals surface area contributed by atoms with Crippen LogP contribution in [0.25, 0.3) is 0 Å². The summed E-state index contributed by atoms with van der Waals surface area (Å²) in [7, 11) is 0. The molecule has 0 rings (SSSR count). The van der Waals surface area contributed by atoms with Crippen LogP contribution >= 0.6 is 0 Å². The van der Waals surface area contributed by atoms with Gasteiger partial charge in [-0.3, -0.25) is 0 Å². The molecule has 0 aromatic rings. The van der Waals surface area contributed by atoms with Gasteiger partial charge in [0.05, 0.1) is 0 Å². The van der Waals surface area contributed by atoms with Crippen molar-refractivity contribution in [3.63, 3.8) is 0 Å². The summed E-state index contributed by atoms with van der Waals surface area (Å²) in [6.45, 7) is 14.1. The van der Waals surface area contributed by atoms with E-state index in [0.717, 1.165) is 0 Å². The Kier molecular flexibility index (Phi) is 46.4. The molecule has 2 nitrogen and oxygen atoms in total. The van der Waals surface area contributed by atoms with Gasteiger partial charge in [0.1, 0.15) is 0 Å².